The average molecular weight is 291 g/mol. The lowest BCUT2D eigenvalue weighted by Gasteiger charge is -2.10. The molecule has 0 saturated carbocycles. The summed E-state index contributed by atoms with van der Waals surface area (Å²) in [6.07, 6.45) is 0.661. The summed E-state index contributed by atoms with van der Waals surface area (Å²) in [6.45, 7) is 2.41. The van der Waals surface area contributed by atoms with Crippen LogP contribution in [0.15, 0.2) is 36.4 Å². The Balaban J connectivity index is 2.06. The maximum atomic E-state index is 13.7. The molecular weight excluding hydrogens is 276 g/mol. The molecular formula is C16H15F2NO2. The molecule has 0 aliphatic carbocycles. The van der Waals surface area contributed by atoms with E-state index in [2.05, 4.69) is 5.32 Å². The largest absolute Gasteiger partial charge is 0.478 e. The van der Waals surface area contributed by atoms with Gasteiger partial charge in [0.1, 0.15) is 0 Å². The second-order valence-electron chi connectivity index (χ2n) is 4.70. The zero-order valence-electron chi connectivity index (χ0n) is 11.5. The highest BCUT2D eigenvalue weighted by Gasteiger charge is 2.17. The van der Waals surface area contributed by atoms with Crippen LogP contribution in [0.4, 0.5) is 14.5 Å². The van der Waals surface area contributed by atoms with Gasteiger partial charge in [0.15, 0.2) is 11.6 Å². The molecule has 2 aromatic rings. The molecule has 0 amide bonds. The smallest absolute Gasteiger partial charge is 0.338 e. The van der Waals surface area contributed by atoms with Crippen molar-refractivity contribution in [2.75, 3.05) is 11.9 Å². The lowest BCUT2D eigenvalue weighted by atomic mass is 10.1. The van der Waals surface area contributed by atoms with Gasteiger partial charge in [-0.1, -0.05) is 24.3 Å². The molecule has 0 unspecified atom stereocenters. The quantitative estimate of drug-likeness (QED) is 0.884. The fraction of sp³-hybridized carbons (Fsp3) is 0.188. The van der Waals surface area contributed by atoms with Crippen LogP contribution in [0.5, 0.6) is 0 Å². The molecule has 110 valence electrons. The maximum absolute atomic E-state index is 13.7. The minimum absolute atomic E-state index is 0.0360. The first-order chi connectivity index (χ1) is 10.0. The summed E-state index contributed by atoms with van der Waals surface area (Å²) in [5.41, 5.74) is 1.54. The number of halogens is 2. The van der Waals surface area contributed by atoms with Crippen LogP contribution >= 0.6 is 0 Å². The Morgan fingerprint density at radius 3 is 2.52 bits per heavy atom. The van der Waals surface area contributed by atoms with E-state index in [1.807, 2.05) is 31.2 Å². The number of hydrogen-bond donors (Lipinski definition) is 2. The number of rotatable bonds is 5. The van der Waals surface area contributed by atoms with Crippen molar-refractivity contribution in [3.63, 3.8) is 0 Å². The van der Waals surface area contributed by atoms with E-state index < -0.39 is 23.2 Å². The number of benzene rings is 2. The van der Waals surface area contributed by atoms with Gasteiger partial charge in [0, 0.05) is 6.54 Å². The zero-order valence-corrected chi connectivity index (χ0v) is 11.5. The van der Waals surface area contributed by atoms with E-state index in [4.69, 9.17) is 5.11 Å². The van der Waals surface area contributed by atoms with Crippen molar-refractivity contribution < 1.29 is 18.7 Å². The van der Waals surface area contributed by atoms with Gasteiger partial charge in [0.2, 0.25) is 0 Å². The fourth-order valence-electron chi connectivity index (χ4n) is 2.07. The molecule has 0 heterocycles. The second kappa shape index (κ2) is 6.35. The van der Waals surface area contributed by atoms with E-state index >= 15 is 0 Å². The van der Waals surface area contributed by atoms with Crippen molar-refractivity contribution in [3.05, 3.63) is 64.7 Å². The number of anilines is 1. The molecule has 0 aliphatic rings. The van der Waals surface area contributed by atoms with Gasteiger partial charge in [-0.2, -0.15) is 0 Å². The minimum atomic E-state index is -1.49. The van der Waals surface area contributed by atoms with Crippen LogP contribution in [0.1, 0.15) is 21.5 Å². The summed E-state index contributed by atoms with van der Waals surface area (Å²) in [7, 11) is 0. The Morgan fingerprint density at radius 2 is 1.86 bits per heavy atom. The first-order valence-electron chi connectivity index (χ1n) is 6.50. The van der Waals surface area contributed by atoms with Crippen LogP contribution in [-0.4, -0.2) is 17.6 Å². The molecule has 0 saturated heterocycles. The number of nitrogens with one attached hydrogen (secondary N) is 1. The third kappa shape index (κ3) is 3.37. The summed E-state index contributed by atoms with van der Waals surface area (Å²) in [5, 5.41) is 11.5. The molecule has 2 N–H and O–H groups in total. The summed E-state index contributed by atoms with van der Waals surface area (Å²) < 4.78 is 27.3. The molecule has 0 fully saturated rings. The monoisotopic (exact) mass is 291 g/mol. The molecule has 2 aromatic carbocycles. The molecule has 0 spiro atoms. The van der Waals surface area contributed by atoms with E-state index in [1.165, 1.54) is 6.07 Å². The van der Waals surface area contributed by atoms with Crippen molar-refractivity contribution in [1.82, 2.24) is 0 Å². The van der Waals surface area contributed by atoms with Gasteiger partial charge in [-0.3, -0.25) is 0 Å². The maximum Gasteiger partial charge on any atom is 0.338 e. The number of carboxylic acid groups (broad SMARTS) is 1. The average Bonchev–Trinajstić information content (AvgIpc) is 2.45. The zero-order chi connectivity index (χ0) is 15.4. The molecule has 0 radical (unpaired) electrons. The first kappa shape index (κ1) is 15.0. The van der Waals surface area contributed by atoms with Crippen LogP contribution in [-0.2, 0) is 6.42 Å². The Kier molecular flexibility index (Phi) is 4.52. The van der Waals surface area contributed by atoms with Gasteiger partial charge >= 0.3 is 5.97 Å². The third-order valence-electron chi connectivity index (χ3n) is 3.28. The standard InChI is InChI=1S/C16H15F2NO2/c1-10-4-2-3-5-11(10)8-9-19-13-7-6-12(16(20)21)14(17)15(13)18/h2-7,19H,8-9H2,1H3,(H,20,21). The fourth-order valence-corrected chi connectivity index (χ4v) is 2.07. The number of hydrogen-bond acceptors (Lipinski definition) is 2. The molecule has 0 atom stereocenters. The molecule has 5 heteroatoms. The summed E-state index contributed by atoms with van der Waals surface area (Å²) in [4.78, 5) is 10.7. The summed E-state index contributed by atoms with van der Waals surface area (Å²) >= 11 is 0. The van der Waals surface area contributed by atoms with E-state index in [9.17, 15) is 13.6 Å². The van der Waals surface area contributed by atoms with Crippen molar-refractivity contribution in [3.8, 4) is 0 Å². The number of aryl methyl sites for hydroxylation is 1. The number of carbonyl (C=O) groups is 1. The molecule has 0 aliphatic heterocycles. The Hall–Kier alpha value is -2.43. The Labute approximate surface area is 121 Å². The topological polar surface area (TPSA) is 49.3 Å². The van der Waals surface area contributed by atoms with E-state index in [0.29, 0.717) is 13.0 Å². The van der Waals surface area contributed by atoms with Gasteiger partial charge < -0.3 is 10.4 Å². The molecule has 3 nitrogen and oxygen atoms in total. The van der Waals surface area contributed by atoms with E-state index in [-0.39, 0.29) is 5.69 Å². The summed E-state index contributed by atoms with van der Waals surface area (Å²) in [5.74, 6) is -4.00. The molecule has 0 aromatic heterocycles. The van der Waals surface area contributed by atoms with Gasteiger partial charge in [-0.25, -0.2) is 13.6 Å². The third-order valence-corrected chi connectivity index (χ3v) is 3.28. The van der Waals surface area contributed by atoms with Crippen molar-refractivity contribution >= 4 is 11.7 Å². The molecule has 0 bridgehead atoms. The number of aromatic carboxylic acids is 1. The predicted molar refractivity (Wildman–Crippen MR) is 76.7 cm³/mol. The SMILES string of the molecule is Cc1ccccc1CCNc1ccc(C(=O)O)c(F)c1F. The van der Waals surface area contributed by atoms with Crippen LogP contribution in [0.3, 0.4) is 0 Å². The normalized spacial score (nSPS) is 10.4. The Bertz CT molecular complexity index is 671. The number of carboxylic acids is 1. The van der Waals surface area contributed by atoms with Crippen molar-refractivity contribution in [2.45, 2.75) is 13.3 Å². The van der Waals surface area contributed by atoms with E-state index in [1.54, 1.807) is 0 Å². The van der Waals surface area contributed by atoms with Gasteiger partial charge in [-0.05, 0) is 36.6 Å². The summed E-state index contributed by atoms with van der Waals surface area (Å²) in [6, 6.07) is 10.1. The predicted octanol–water partition coefficient (Wildman–Crippen LogP) is 3.63. The van der Waals surface area contributed by atoms with Crippen LogP contribution < -0.4 is 5.32 Å². The van der Waals surface area contributed by atoms with Crippen LogP contribution in [0, 0.1) is 18.6 Å². The van der Waals surface area contributed by atoms with Gasteiger partial charge in [0.05, 0.1) is 11.3 Å². The van der Waals surface area contributed by atoms with Crippen molar-refractivity contribution in [2.24, 2.45) is 0 Å². The lowest BCUT2D eigenvalue weighted by Crippen LogP contribution is -2.10. The highest BCUT2D eigenvalue weighted by Crippen LogP contribution is 2.21. The highest BCUT2D eigenvalue weighted by molar-refractivity contribution is 5.88. The van der Waals surface area contributed by atoms with Gasteiger partial charge in [-0.15, -0.1) is 0 Å². The first-order valence-corrected chi connectivity index (χ1v) is 6.50. The van der Waals surface area contributed by atoms with Gasteiger partial charge in [0.25, 0.3) is 0 Å². The minimum Gasteiger partial charge on any atom is -0.478 e. The molecule has 21 heavy (non-hydrogen) atoms. The van der Waals surface area contributed by atoms with Crippen LogP contribution in [0.25, 0.3) is 0 Å². The second-order valence-corrected chi connectivity index (χ2v) is 4.70. The Morgan fingerprint density at radius 1 is 1.14 bits per heavy atom. The van der Waals surface area contributed by atoms with Crippen molar-refractivity contribution in [1.29, 1.82) is 0 Å². The molecule has 2 rings (SSSR count). The van der Waals surface area contributed by atoms with Crippen LogP contribution in [0.2, 0.25) is 0 Å². The highest BCUT2D eigenvalue weighted by atomic mass is 19.2. The van der Waals surface area contributed by atoms with E-state index in [0.717, 1.165) is 17.2 Å². The lowest BCUT2D eigenvalue weighted by molar-refractivity contribution is 0.0690.